The van der Waals surface area contributed by atoms with Crippen LogP contribution in [0.25, 0.3) is 0 Å². The van der Waals surface area contributed by atoms with Gasteiger partial charge in [-0.05, 0) is 18.9 Å². The number of hydrogen-bond acceptors (Lipinski definition) is 4. The standard InChI is InChI=1S/C13H14ClFN2O4/c14-9-5-11(12(17(20)21)6-10(9)15)16(7-13(18)19)8-3-1-2-4-8/h5-6,8H,1-4,7H2,(H,18,19). The summed E-state index contributed by atoms with van der Waals surface area (Å²) in [5.74, 6) is -1.99. The maximum absolute atomic E-state index is 13.5. The summed E-state index contributed by atoms with van der Waals surface area (Å²) in [7, 11) is 0. The minimum absolute atomic E-state index is 0.0562. The third-order valence-electron chi connectivity index (χ3n) is 3.59. The van der Waals surface area contributed by atoms with Crippen molar-refractivity contribution in [1.29, 1.82) is 0 Å². The van der Waals surface area contributed by atoms with E-state index in [0.29, 0.717) is 0 Å². The Morgan fingerprint density at radius 3 is 2.62 bits per heavy atom. The van der Waals surface area contributed by atoms with Gasteiger partial charge in [0, 0.05) is 6.04 Å². The summed E-state index contributed by atoms with van der Waals surface area (Å²) < 4.78 is 13.5. The quantitative estimate of drug-likeness (QED) is 0.666. The molecule has 1 aliphatic carbocycles. The van der Waals surface area contributed by atoms with Crippen LogP contribution in [0.1, 0.15) is 25.7 Å². The molecule has 0 radical (unpaired) electrons. The normalized spacial score (nSPS) is 15.1. The maximum Gasteiger partial charge on any atom is 0.323 e. The van der Waals surface area contributed by atoms with Crippen LogP contribution in [0.5, 0.6) is 0 Å². The molecule has 0 atom stereocenters. The molecular formula is C13H14ClFN2O4. The third-order valence-corrected chi connectivity index (χ3v) is 3.88. The molecule has 0 heterocycles. The van der Waals surface area contributed by atoms with E-state index in [-0.39, 0.29) is 23.3 Å². The Balaban J connectivity index is 2.49. The van der Waals surface area contributed by atoms with Crippen molar-refractivity contribution in [3.05, 3.63) is 33.1 Å². The molecule has 6 nitrogen and oxygen atoms in total. The predicted molar refractivity (Wildman–Crippen MR) is 75.3 cm³/mol. The van der Waals surface area contributed by atoms with E-state index in [4.69, 9.17) is 16.7 Å². The minimum atomic E-state index is -1.10. The molecule has 1 saturated carbocycles. The summed E-state index contributed by atoms with van der Waals surface area (Å²) in [4.78, 5) is 22.9. The number of nitro benzene ring substituents is 1. The molecule has 0 spiro atoms. The highest BCUT2D eigenvalue weighted by molar-refractivity contribution is 6.31. The van der Waals surface area contributed by atoms with Gasteiger partial charge in [-0.15, -0.1) is 0 Å². The van der Waals surface area contributed by atoms with E-state index in [9.17, 15) is 19.3 Å². The van der Waals surface area contributed by atoms with E-state index >= 15 is 0 Å². The molecule has 0 amide bonds. The van der Waals surface area contributed by atoms with Gasteiger partial charge in [0.15, 0.2) is 0 Å². The molecule has 0 unspecified atom stereocenters. The van der Waals surface area contributed by atoms with Gasteiger partial charge in [-0.3, -0.25) is 14.9 Å². The van der Waals surface area contributed by atoms with Gasteiger partial charge in [0.25, 0.3) is 5.69 Å². The highest BCUT2D eigenvalue weighted by atomic mass is 35.5. The Kier molecular flexibility index (Phi) is 4.62. The first kappa shape index (κ1) is 15.5. The molecule has 1 N–H and O–H groups in total. The zero-order valence-corrected chi connectivity index (χ0v) is 11.8. The van der Waals surface area contributed by atoms with Gasteiger partial charge in [0.05, 0.1) is 16.0 Å². The van der Waals surface area contributed by atoms with Crippen LogP contribution >= 0.6 is 11.6 Å². The second-order valence-corrected chi connectivity index (χ2v) is 5.38. The van der Waals surface area contributed by atoms with Crippen molar-refractivity contribution in [2.24, 2.45) is 0 Å². The van der Waals surface area contributed by atoms with E-state index in [0.717, 1.165) is 37.8 Å². The number of carbonyl (C=O) groups is 1. The fourth-order valence-corrected chi connectivity index (χ4v) is 2.83. The van der Waals surface area contributed by atoms with Crippen molar-refractivity contribution in [3.8, 4) is 0 Å². The van der Waals surface area contributed by atoms with Crippen molar-refractivity contribution in [1.82, 2.24) is 0 Å². The predicted octanol–water partition coefficient (Wildman–Crippen LogP) is 3.22. The number of carboxylic acid groups (broad SMARTS) is 1. The summed E-state index contributed by atoms with van der Waals surface area (Å²) in [6, 6.07) is 1.76. The van der Waals surface area contributed by atoms with Crippen molar-refractivity contribution < 1.29 is 19.2 Å². The lowest BCUT2D eigenvalue weighted by molar-refractivity contribution is -0.384. The Morgan fingerprint density at radius 2 is 2.10 bits per heavy atom. The van der Waals surface area contributed by atoms with E-state index in [1.54, 1.807) is 0 Å². The average Bonchev–Trinajstić information content (AvgIpc) is 2.92. The van der Waals surface area contributed by atoms with Gasteiger partial charge in [0.1, 0.15) is 18.0 Å². The van der Waals surface area contributed by atoms with Gasteiger partial charge >= 0.3 is 5.97 Å². The Morgan fingerprint density at radius 1 is 1.48 bits per heavy atom. The number of nitro groups is 1. The highest BCUT2D eigenvalue weighted by Gasteiger charge is 2.30. The summed E-state index contributed by atoms with van der Waals surface area (Å²) in [6.07, 6.45) is 3.37. The van der Waals surface area contributed by atoms with Gasteiger partial charge < -0.3 is 10.0 Å². The number of rotatable bonds is 5. The smallest absolute Gasteiger partial charge is 0.323 e. The second kappa shape index (κ2) is 6.26. The molecule has 21 heavy (non-hydrogen) atoms. The number of benzene rings is 1. The van der Waals surface area contributed by atoms with Crippen LogP contribution in [0.15, 0.2) is 12.1 Å². The summed E-state index contributed by atoms with van der Waals surface area (Å²) >= 11 is 5.71. The molecule has 0 bridgehead atoms. The number of nitrogens with zero attached hydrogens (tertiary/aromatic N) is 2. The highest BCUT2D eigenvalue weighted by Crippen LogP contribution is 2.37. The zero-order valence-electron chi connectivity index (χ0n) is 11.1. The number of halogens is 2. The third kappa shape index (κ3) is 3.41. The molecule has 8 heteroatoms. The van der Waals surface area contributed by atoms with Gasteiger partial charge in [-0.1, -0.05) is 24.4 Å². The molecule has 2 rings (SSSR count). The molecule has 1 aromatic rings. The fourth-order valence-electron chi connectivity index (χ4n) is 2.67. The fraction of sp³-hybridized carbons (Fsp3) is 0.462. The van der Waals surface area contributed by atoms with E-state index in [1.165, 1.54) is 4.90 Å². The van der Waals surface area contributed by atoms with Gasteiger partial charge in [-0.2, -0.15) is 0 Å². The Labute approximate surface area is 125 Å². The molecule has 0 saturated heterocycles. The monoisotopic (exact) mass is 316 g/mol. The molecule has 0 aliphatic heterocycles. The van der Waals surface area contributed by atoms with Crippen LogP contribution in [0, 0.1) is 15.9 Å². The molecule has 1 fully saturated rings. The van der Waals surface area contributed by atoms with Crippen LogP contribution < -0.4 is 4.90 Å². The van der Waals surface area contributed by atoms with Crippen molar-refractivity contribution in [2.45, 2.75) is 31.7 Å². The first-order valence-corrected chi connectivity index (χ1v) is 6.90. The minimum Gasteiger partial charge on any atom is -0.480 e. The van der Waals surface area contributed by atoms with Crippen molar-refractivity contribution in [3.63, 3.8) is 0 Å². The molecule has 1 aliphatic rings. The molecular weight excluding hydrogens is 303 g/mol. The van der Waals surface area contributed by atoms with Gasteiger partial charge in [-0.25, -0.2) is 4.39 Å². The van der Waals surface area contributed by atoms with E-state index < -0.39 is 22.4 Å². The molecule has 114 valence electrons. The second-order valence-electron chi connectivity index (χ2n) is 4.97. The number of carboxylic acids is 1. The lowest BCUT2D eigenvalue weighted by Crippen LogP contribution is -2.38. The summed E-state index contributed by atoms with van der Waals surface area (Å²) in [5.41, 5.74) is -0.411. The van der Waals surface area contributed by atoms with Crippen molar-refractivity contribution in [2.75, 3.05) is 11.4 Å². The van der Waals surface area contributed by atoms with Crippen LogP contribution in [-0.2, 0) is 4.79 Å². The lowest BCUT2D eigenvalue weighted by Gasteiger charge is -2.29. The van der Waals surface area contributed by atoms with Crippen LogP contribution in [0.4, 0.5) is 15.8 Å². The van der Waals surface area contributed by atoms with Gasteiger partial charge in [0.2, 0.25) is 0 Å². The number of aliphatic carboxylic acids is 1. The molecule has 1 aromatic carbocycles. The van der Waals surface area contributed by atoms with Crippen molar-refractivity contribution >= 4 is 28.9 Å². The molecule has 0 aromatic heterocycles. The van der Waals surface area contributed by atoms with Crippen LogP contribution in [0.2, 0.25) is 5.02 Å². The Bertz CT molecular complexity index is 576. The topological polar surface area (TPSA) is 83.7 Å². The Hall–Kier alpha value is -1.89. The van der Waals surface area contributed by atoms with E-state index in [2.05, 4.69) is 0 Å². The number of anilines is 1. The SMILES string of the molecule is O=C(O)CN(c1cc(Cl)c(F)cc1[N+](=O)[O-])C1CCCC1. The zero-order chi connectivity index (χ0) is 15.6. The maximum atomic E-state index is 13.5. The lowest BCUT2D eigenvalue weighted by atomic mass is 10.1. The van der Waals surface area contributed by atoms with Crippen LogP contribution in [-0.4, -0.2) is 28.6 Å². The number of hydrogen-bond donors (Lipinski definition) is 1. The van der Waals surface area contributed by atoms with E-state index in [1.807, 2.05) is 0 Å². The first-order valence-electron chi connectivity index (χ1n) is 6.52. The average molecular weight is 317 g/mol. The largest absolute Gasteiger partial charge is 0.480 e. The summed E-state index contributed by atoms with van der Waals surface area (Å²) in [5, 5.41) is 19.9. The van der Waals surface area contributed by atoms with Crippen LogP contribution in [0.3, 0.4) is 0 Å². The summed E-state index contributed by atoms with van der Waals surface area (Å²) in [6.45, 7) is -0.381. The first-order chi connectivity index (χ1) is 9.90.